The van der Waals surface area contributed by atoms with Crippen LogP contribution in [0.4, 0.5) is 14.9 Å². The first-order chi connectivity index (χ1) is 11.6. The Balaban J connectivity index is 1.97. The number of urea groups is 1. The third kappa shape index (κ3) is 5.09. The summed E-state index contributed by atoms with van der Waals surface area (Å²) in [6.45, 7) is 2.62. The van der Waals surface area contributed by atoms with Gasteiger partial charge in [-0.3, -0.25) is 0 Å². The first-order valence-corrected chi connectivity index (χ1v) is 8.22. The summed E-state index contributed by atoms with van der Waals surface area (Å²) >= 11 is 0. The lowest BCUT2D eigenvalue weighted by molar-refractivity contribution is 0.236. The SMILES string of the molecule is CCCC(CCO)CNC(=O)Nc1cc(-n2cccc2)ccc1F. The van der Waals surface area contributed by atoms with Gasteiger partial charge in [0.25, 0.3) is 0 Å². The Morgan fingerprint density at radius 3 is 2.71 bits per heavy atom. The largest absolute Gasteiger partial charge is 0.396 e. The van der Waals surface area contributed by atoms with Crippen molar-refractivity contribution in [3.05, 3.63) is 48.5 Å². The summed E-state index contributed by atoms with van der Waals surface area (Å²) in [6, 6.07) is 7.87. The molecule has 5 nitrogen and oxygen atoms in total. The molecule has 0 saturated carbocycles. The van der Waals surface area contributed by atoms with Crippen LogP contribution in [0.5, 0.6) is 0 Å². The minimum Gasteiger partial charge on any atom is -0.396 e. The molecule has 3 N–H and O–H groups in total. The van der Waals surface area contributed by atoms with Gasteiger partial charge >= 0.3 is 6.03 Å². The van der Waals surface area contributed by atoms with E-state index >= 15 is 0 Å². The average molecular weight is 333 g/mol. The van der Waals surface area contributed by atoms with Crippen molar-refractivity contribution < 1.29 is 14.3 Å². The van der Waals surface area contributed by atoms with E-state index < -0.39 is 11.8 Å². The quantitative estimate of drug-likeness (QED) is 0.692. The van der Waals surface area contributed by atoms with Crippen LogP contribution in [0.25, 0.3) is 5.69 Å². The van der Waals surface area contributed by atoms with E-state index in [0.29, 0.717) is 13.0 Å². The molecule has 1 unspecified atom stereocenters. The highest BCUT2D eigenvalue weighted by Crippen LogP contribution is 2.19. The second kappa shape index (κ2) is 9.08. The molecule has 0 fully saturated rings. The highest BCUT2D eigenvalue weighted by molar-refractivity contribution is 5.89. The van der Waals surface area contributed by atoms with E-state index in [1.807, 2.05) is 29.1 Å². The first kappa shape index (κ1) is 18.0. The molecule has 2 amide bonds. The van der Waals surface area contributed by atoms with Crippen LogP contribution in [0, 0.1) is 11.7 Å². The summed E-state index contributed by atoms with van der Waals surface area (Å²) in [5.74, 6) is -0.261. The molecule has 0 aliphatic rings. The maximum Gasteiger partial charge on any atom is 0.319 e. The lowest BCUT2D eigenvalue weighted by atomic mass is 10.0. The van der Waals surface area contributed by atoms with Crippen LogP contribution in [-0.4, -0.2) is 28.9 Å². The number of hydrogen-bond donors (Lipinski definition) is 3. The van der Waals surface area contributed by atoms with Gasteiger partial charge in [-0.05, 0) is 49.1 Å². The fraction of sp³-hybridized carbons (Fsp3) is 0.389. The molecule has 0 aliphatic carbocycles. The molecule has 1 aromatic carbocycles. The smallest absolute Gasteiger partial charge is 0.319 e. The molecule has 0 saturated heterocycles. The number of benzene rings is 1. The number of aromatic nitrogens is 1. The van der Waals surface area contributed by atoms with Gasteiger partial charge in [0.2, 0.25) is 0 Å². The zero-order valence-electron chi connectivity index (χ0n) is 13.8. The zero-order chi connectivity index (χ0) is 17.4. The number of aliphatic hydroxyl groups is 1. The van der Waals surface area contributed by atoms with E-state index in [1.54, 1.807) is 12.1 Å². The van der Waals surface area contributed by atoms with Crippen LogP contribution in [0.2, 0.25) is 0 Å². The van der Waals surface area contributed by atoms with E-state index in [0.717, 1.165) is 18.5 Å². The number of carbonyl (C=O) groups excluding carboxylic acids is 1. The second-order valence-electron chi connectivity index (χ2n) is 5.76. The van der Waals surface area contributed by atoms with Gasteiger partial charge in [0.1, 0.15) is 5.82 Å². The minimum atomic E-state index is -0.485. The third-order valence-corrected chi connectivity index (χ3v) is 3.89. The molecule has 2 rings (SSSR count). The lowest BCUT2D eigenvalue weighted by Crippen LogP contribution is -2.33. The number of amides is 2. The summed E-state index contributed by atoms with van der Waals surface area (Å²) in [5.41, 5.74) is 0.897. The summed E-state index contributed by atoms with van der Waals surface area (Å²) in [5, 5.41) is 14.3. The van der Waals surface area contributed by atoms with Crippen molar-refractivity contribution in [3.8, 4) is 5.69 Å². The number of hydrogen-bond acceptors (Lipinski definition) is 2. The lowest BCUT2D eigenvalue weighted by Gasteiger charge is -2.16. The maximum absolute atomic E-state index is 13.9. The Labute approximate surface area is 141 Å². The van der Waals surface area contributed by atoms with Crippen molar-refractivity contribution in [2.75, 3.05) is 18.5 Å². The Morgan fingerprint density at radius 1 is 1.29 bits per heavy atom. The Morgan fingerprint density at radius 2 is 2.04 bits per heavy atom. The van der Waals surface area contributed by atoms with Crippen LogP contribution >= 0.6 is 0 Å². The second-order valence-corrected chi connectivity index (χ2v) is 5.76. The molecule has 0 spiro atoms. The summed E-state index contributed by atoms with van der Waals surface area (Å²) in [4.78, 5) is 12.0. The van der Waals surface area contributed by atoms with E-state index in [4.69, 9.17) is 5.11 Å². The fourth-order valence-corrected chi connectivity index (χ4v) is 2.62. The number of halogens is 1. The minimum absolute atomic E-state index is 0.0987. The van der Waals surface area contributed by atoms with Crippen molar-refractivity contribution in [2.24, 2.45) is 5.92 Å². The highest BCUT2D eigenvalue weighted by atomic mass is 19.1. The van der Waals surface area contributed by atoms with Gasteiger partial charge in [-0.15, -0.1) is 0 Å². The molecule has 24 heavy (non-hydrogen) atoms. The molecule has 1 heterocycles. The number of nitrogens with one attached hydrogen (secondary N) is 2. The van der Waals surface area contributed by atoms with Gasteiger partial charge in [0.05, 0.1) is 5.69 Å². The molecule has 6 heteroatoms. The summed E-state index contributed by atoms with van der Waals surface area (Å²) < 4.78 is 15.8. The van der Waals surface area contributed by atoms with E-state index in [-0.39, 0.29) is 18.2 Å². The van der Waals surface area contributed by atoms with Crippen molar-refractivity contribution in [1.29, 1.82) is 0 Å². The van der Waals surface area contributed by atoms with Crippen molar-refractivity contribution in [1.82, 2.24) is 9.88 Å². The molecule has 0 radical (unpaired) electrons. The molecule has 0 aliphatic heterocycles. The van der Waals surface area contributed by atoms with Crippen molar-refractivity contribution in [2.45, 2.75) is 26.2 Å². The number of aliphatic hydroxyl groups excluding tert-OH is 1. The van der Waals surface area contributed by atoms with Crippen molar-refractivity contribution >= 4 is 11.7 Å². The molecule has 130 valence electrons. The highest BCUT2D eigenvalue weighted by Gasteiger charge is 2.11. The van der Waals surface area contributed by atoms with Gasteiger partial charge in [0.15, 0.2) is 0 Å². The van der Waals surface area contributed by atoms with Crippen LogP contribution in [-0.2, 0) is 0 Å². The monoisotopic (exact) mass is 333 g/mol. The summed E-state index contributed by atoms with van der Waals surface area (Å²) in [6.07, 6.45) is 6.26. The Hall–Kier alpha value is -2.34. The Kier molecular flexibility index (Phi) is 6.81. The molecular weight excluding hydrogens is 309 g/mol. The van der Waals surface area contributed by atoms with Gasteiger partial charge < -0.3 is 20.3 Å². The van der Waals surface area contributed by atoms with Crippen LogP contribution in [0.3, 0.4) is 0 Å². The van der Waals surface area contributed by atoms with E-state index in [1.165, 1.54) is 6.07 Å². The van der Waals surface area contributed by atoms with Gasteiger partial charge in [-0.25, -0.2) is 9.18 Å². The molecule has 1 atom stereocenters. The standard InChI is InChI=1S/C18H24FN3O2/c1-2-5-14(8-11-23)13-20-18(24)21-17-12-15(6-7-16(17)19)22-9-3-4-10-22/h3-4,6-7,9-10,12,14,23H,2,5,8,11,13H2,1H3,(H2,20,21,24). The van der Waals surface area contributed by atoms with Crippen molar-refractivity contribution in [3.63, 3.8) is 0 Å². The fourth-order valence-electron chi connectivity index (χ4n) is 2.62. The molecular formula is C18H24FN3O2. The first-order valence-electron chi connectivity index (χ1n) is 8.22. The number of nitrogens with zero attached hydrogens (tertiary/aromatic N) is 1. The van der Waals surface area contributed by atoms with Gasteiger partial charge in [-0.1, -0.05) is 13.3 Å². The average Bonchev–Trinajstić information content (AvgIpc) is 3.09. The zero-order valence-corrected chi connectivity index (χ0v) is 13.8. The van der Waals surface area contributed by atoms with Crippen LogP contribution < -0.4 is 10.6 Å². The molecule has 1 aromatic heterocycles. The number of carbonyl (C=O) groups is 1. The van der Waals surface area contributed by atoms with Crippen LogP contribution in [0.1, 0.15) is 26.2 Å². The molecule has 2 aromatic rings. The molecule has 0 bridgehead atoms. The maximum atomic E-state index is 13.9. The number of anilines is 1. The Bertz CT molecular complexity index is 638. The predicted molar refractivity (Wildman–Crippen MR) is 92.8 cm³/mol. The van der Waals surface area contributed by atoms with E-state index in [9.17, 15) is 9.18 Å². The third-order valence-electron chi connectivity index (χ3n) is 3.89. The predicted octanol–water partition coefficient (Wildman–Crippen LogP) is 3.54. The van der Waals surface area contributed by atoms with Gasteiger partial charge in [0, 0.05) is 31.2 Å². The topological polar surface area (TPSA) is 66.3 Å². The van der Waals surface area contributed by atoms with Crippen LogP contribution in [0.15, 0.2) is 42.7 Å². The number of rotatable bonds is 8. The van der Waals surface area contributed by atoms with Gasteiger partial charge in [-0.2, -0.15) is 0 Å². The normalized spacial score (nSPS) is 12.0. The van der Waals surface area contributed by atoms with E-state index in [2.05, 4.69) is 17.6 Å². The summed E-state index contributed by atoms with van der Waals surface area (Å²) in [7, 11) is 0.